The lowest BCUT2D eigenvalue weighted by Gasteiger charge is -2.30. The summed E-state index contributed by atoms with van der Waals surface area (Å²) in [5, 5.41) is 6.86. The van der Waals surface area contributed by atoms with E-state index in [1.807, 2.05) is 6.92 Å². The molecule has 0 aromatic carbocycles. The van der Waals surface area contributed by atoms with Crippen LogP contribution in [0.3, 0.4) is 0 Å². The molecule has 1 fully saturated rings. The van der Waals surface area contributed by atoms with Gasteiger partial charge < -0.3 is 9.84 Å². The Kier molecular flexibility index (Phi) is 3.61. The van der Waals surface area contributed by atoms with Gasteiger partial charge in [-0.15, -0.1) is 0 Å². The van der Waals surface area contributed by atoms with Gasteiger partial charge in [0.1, 0.15) is 0 Å². The zero-order valence-corrected chi connectivity index (χ0v) is 10.2. The van der Waals surface area contributed by atoms with E-state index in [1.165, 1.54) is 0 Å². The quantitative estimate of drug-likeness (QED) is 0.908. The second-order valence-electron chi connectivity index (χ2n) is 4.97. The fourth-order valence-electron chi connectivity index (χ4n) is 2.09. The highest BCUT2D eigenvalue weighted by Crippen LogP contribution is 2.29. The summed E-state index contributed by atoms with van der Waals surface area (Å²) in [6.45, 7) is 3.65. The van der Waals surface area contributed by atoms with Crippen LogP contribution < -0.4 is 5.32 Å². The molecule has 0 aliphatic carbocycles. The Morgan fingerprint density at radius 1 is 1.44 bits per heavy atom. The van der Waals surface area contributed by atoms with Crippen molar-refractivity contribution in [2.24, 2.45) is 0 Å². The zero-order valence-electron chi connectivity index (χ0n) is 10.2. The monoisotopic (exact) mass is 263 g/mol. The molecule has 1 aliphatic heterocycles. The Balaban J connectivity index is 2.01. The van der Waals surface area contributed by atoms with Crippen LogP contribution in [0.1, 0.15) is 37.9 Å². The number of aryl methyl sites for hydroxylation is 1. The maximum Gasteiger partial charge on any atom is 0.389 e. The van der Waals surface area contributed by atoms with Gasteiger partial charge >= 0.3 is 6.18 Å². The van der Waals surface area contributed by atoms with E-state index in [2.05, 4.69) is 15.5 Å². The van der Waals surface area contributed by atoms with Crippen LogP contribution in [-0.2, 0) is 11.8 Å². The third-order valence-corrected chi connectivity index (χ3v) is 3.21. The molecule has 1 unspecified atom stereocenters. The van der Waals surface area contributed by atoms with Crippen LogP contribution in [0, 0.1) is 0 Å². The number of aromatic nitrogens is 2. The summed E-state index contributed by atoms with van der Waals surface area (Å²) >= 11 is 0. The van der Waals surface area contributed by atoms with Crippen LogP contribution in [0.25, 0.3) is 0 Å². The lowest BCUT2D eigenvalue weighted by molar-refractivity contribution is -0.134. The molecule has 4 nitrogen and oxygen atoms in total. The van der Waals surface area contributed by atoms with Crippen molar-refractivity contribution in [3.05, 3.63) is 11.7 Å². The molecular weight excluding hydrogens is 247 g/mol. The van der Waals surface area contributed by atoms with Crippen molar-refractivity contribution >= 4 is 0 Å². The van der Waals surface area contributed by atoms with Gasteiger partial charge in [-0.25, -0.2) is 0 Å². The van der Waals surface area contributed by atoms with E-state index < -0.39 is 12.6 Å². The Bertz CT molecular complexity index is 396. The highest BCUT2D eigenvalue weighted by molar-refractivity contribution is 5.06. The first-order chi connectivity index (χ1) is 8.39. The number of nitrogens with zero attached hydrogens (tertiary/aromatic N) is 2. The van der Waals surface area contributed by atoms with Gasteiger partial charge in [0, 0.05) is 13.0 Å². The largest absolute Gasteiger partial charge is 0.389 e. The summed E-state index contributed by atoms with van der Waals surface area (Å²) in [6.07, 6.45) is -3.42. The molecule has 18 heavy (non-hydrogen) atoms. The standard InChI is InChI=1S/C11H16F3N3O/c1-10(4-2-6-15-7-10)9-16-8(17-18-9)3-5-11(12,13)14/h15H,2-7H2,1H3. The number of piperidine rings is 1. The third kappa shape index (κ3) is 3.22. The van der Waals surface area contributed by atoms with Gasteiger partial charge in [0.05, 0.1) is 11.8 Å². The summed E-state index contributed by atoms with van der Waals surface area (Å²) in [7, 11) is 0. The number of rotatable bonds is 3. The predicted octanol–water partition coefficient (Wildman–Crippen LogP) is 2.21. The molecule has 0 bridgehead atoms. The lowest BCUT2D eigenvalue weighted by Crippen LogP contribution is -2.41. The van der Waals surface area contributed by atoms with Crippen LogP contribution >= 0.6 is 0 Å². The molecule has 1 aromatic heterocycles. The van der Waals surface area contributed by atoms with Crippen molar-refractivity contribution in [2.75, 3.05) is 13.1 Å². The van der Waals surface area contributed by atoms with E-state index in [4.69, 9.17) is 4.52 Å². The lowest BCUT2D eigenvalue weighted by atomic mass is 9.83. The number of alkyl halides is 3. The highest BCUT2D eigenvalue weighted by atomic mass is 19.4. The molecule has 1 atom stereocenters. The molecule has 0 amide bonds. The Morgan fingerprint density at radius 3 is 2.83 bits per heavy atom. The smallest absolute Gasteiger partial charge is 0.339 e. The van der Waals surface area contributed by atoms with Gasteiger partial charge in [-0.2, -0.15) is 18.2 Å². The van der Waals surface area contributed by atoms with Gasteiger partial charge in [0.15, 0.2) is 5.82 Å². The Hall–Kier alpha value is -1.11. The molecule has 0 saturated carbocycles. The van der Waals surface area contributed by atoms with E-state index in [0.717, 1.165) is 19.4 Å². The van der Waals surface area contributed by atoms with Gasteiger partial charge in [-0.05, 0) is 26.3 Å². The zero-order chi connectivity index (χ0) is 13.2. The van der Waals surface area contributed by atoms with Gasteiger partial charge in [0.2, 0.25) is 5.89 Å². The first kappa shape index (κ1) is 13.3. The summed E-state index contributed by atoms with van der Waals surface area (Å²) in [6, 6.07) is 0. The molecule has 1 saturated heterocycles. The summed E-state index contributed by atoms with van der Waals surface area (Å²) in [5.74, 6) is 0.570. The van der Waals surface area contributed by atoms with Gasteiger partial charge in [-0.3, -0.25) is 0 Å². The first-order valence-electron chi connectivity index (χ1n) is 6.00. The van der Waals surface area contributed by atoms with Gasteiger partial charge in [-0.1, -0.05) is 5.16 Å². The minimum atomic E-state index is -4.18. The minimum Gasteiger partial charge on any atom is -0.339 e. The molecule has 2 rings (SSSR count). The summed E-state index contributed by atoms with van der Waals surface area (Å²) in [5.41, 5.74) is -0.262. The summed E-state index contributed by atoms with van der Waals surface area (Å²) < 4.78 is 41.3. The van der Waals surface area contributed by atoms with Crippen molar-refractivity contribution in [2.45, 2.75) is 44.2 Å². The van der Waals surface area contributed by atoms with E-state index in [1.54, 1.807) is 0 Å². The van der Waals surface area contributed by atoms with Crippen molar-refractivity contribution in [1.29, 1.82) is 0 Å². The molecule has 1 aromatic rings. The van der Waals surface area contributed by atoms with Crippen molar-refractivity contribution in [3.63, 3.8) is 0 Å². The first-order valence-corrected chi connectivity index (χ1v) is 6.00. The van der Waals surface area contributed by atoms with Crippen molar-refractivity contribution in [1.82, 2.24) is 15.5 Å². The Morgan fingerprint density at radius 2 is 2.22 bits per heavy atom. The van der Waals surface area contributed by atoms with Crippen LogP contribution in [-0.4, -0.2) is 29.4 Å². The number of halogens is 3. The molecule has 2 heterocycles. The molecule has 102 valence electrons. The maximum atomic E-state index is 12.1. The average molecular weight is 263 g/mol. The number of hydrogen-bond donors (Lipinski definition) is 1. The van der Waals surface area contributed by atoms with Crippen molar-refractivity contribution in [3.8, 4) is 0 Å². The van der Waals surface area contributed by atoms with Crippen molar-refractivity contribution < 1.29 is 17.7 Å². The number of nitrogens with one attached hydrogen (secondary N) is 1. The van der Waals surface area contributed by atoms with E-state index >= 15 is 0 Å². The van der Waals surface area contributed by atoms with E-state index in [9.17, 15) is 13.2 Å². The summed E-state index contributed by atoms with van der Waals surface area (Å²) in [4.78, 5) is 4.09. The maximum absolute atomic E-state index is 12.1. The van der Waals surface area contributed by atoms with Crippen LogP contribution in [0.15, 0.2) is 4.52 Å². The average Bonchev–Trinajstić information content (AvgIpc) is 2.76. The molecule has 7 heteroatoms. The molecular formula is C11H16F3N3O. The molecule has 1 N–H and O–H groups in total. The van der Waals surface area contributed by atoms with Crippen LogP contribution in [0.4, 0.5) is 13.2 Å². The fourth-order valence-corrected chi connectivity index (χ4v) is 2.09. The topological polar surface area (TPSA) is 51.0 Å². The number of hydrogen-bond acceptors (Lipinski definition) is 4. The highest BCUT2D eigenvalue weighted by Gasteiger charge is 2.35. The molecule has 0 radical (unpaired) electrons. The van der Waals surface area contributed by atoms with Crippen LogP contribution in [0.5, 0.6) is 0 Å². The van der Waals surface area contributed by atoms with Crippen LogP contribution in [0.2, 0.25) is 0 Å². The second-order valence-corrected chi connectivity index (χ2v) is 4.97. The fraction of sp³-hybridized carbons (Fsp3) is 0.818. The third-order valence-electron chi connectivity index (χ3n) is 3.21. The molecule has 1 aliphatic rings. The normalized spacial score (nSPS) is 25.3. The molecule has 0 spiro atoms. The second kappa shape index (κ2) is 4.87. The SMILES string of the molecule is CC1(c2nc(CCC(F)(F)F)no2)CCCNC1. The van der Waals surface area contributed by atoms with E-state index in [0.29, 0.717) is 12.4 Å². The van der Waals surface area contributed by atoms with Gasteiger partial charge in [0.25, 0.3) is 0 Å². The predicted molar refractivity (Wildman–Crippen MR) is 58.1 cm³/mol. The minimum absolute atomic E-state index is 0.133. The Labute approximate surface area is 103 Å². The van der Waals surface area contributed by atoms with E-state index in [-0.39, 0.29) is 17.7 Å².